The van der Waals surface area contributed by atoms with Crippen LogP contribution < -0.4 is 0 Å². The third-order valence-electron chi connectivity index (χ3n) is 5.32. The van der Waals surface area contributed by atoms with E-state index in [1.165, 1.54) is 11.1 Å². The number of rotatable bonds is 3. The van der Waals surface area contributed by atoms with Crippen LogP contribution in [0.3, 0.4) is 0 Å². The lowest BCUT2D eigenvalue weighted by Gasteiger charge is -2.39. The monoisotopic (exact) mass is 320 g/mol. The van der Waals surface area contributed by atoms with Gasteiger partial charge >= 0.3 is 5.97 Å². The van der Waals surface area contributed by atoms with E-state index in [1.807, 2.05) is 0 Å². The number of carboxylic acids is 1. The minimum atomic E-state index is -0.903. The van der Waals surface area contributed by atoms with Crippen molar-refractivity contribution < 1.29 is 9.90 Å². The Morgan fingerprint density at radius 2 is 1.96 bits per heavy atom. The smallest absolute Gasteiger partial charge is 0.337 e. The van der Waals surface area contributed by atoms with E-state index in [-0.39, 0.29) is 5.41 Å². The molecule has 0 unspecified atom stereocenters. The highest BCUT2D eigenvalue weighted by atomic mass is 16.4. The molecule has 0 atom stereocenters. The van der Waals surface area contributed by atoms with Gasteiger partial charge in [-0.1, -0.05) is 36.4 Å². The molecule has 122 valence electrons. The number of carboxylic acid groups (broad SMARTS) is 1. The number of aromatic carboxylic acids is 1. The molecule has 1 aliphatic carbocycles. The number of benzene rings is 1. The molecular formula is C20H20N2O2. The van der Waals surface area contributed by atoms with Crippen LogP contribution in [-0.2, 0) is 12.0 Å². The molecule has 0 amide bonds. The Hall–Kier alpha value is -2.46. The van der Waals surface area contributed by atoms with E-state index in [4.69, 9.17) is 0 Å². The lowest BCUT2D eigenvalue weighted by atomic mass is 9.74. The second-order valence-electron chi connectivity index (χ2n) is 6.66. The molecule has 1 aromatic heterocycles. The summed E-state index contributed by atoms with van der Waals surface area (Å²) in [5.74, 6) is -0.903. The van der Waals surface area contributed by atoms with Crippen LogP contribution in [0, 0.1) is 0 Å². The summed E-state index contributed by atoms with van der Waals surface area (Å²) in [5, 5.41) is 9.30. The van der Waals surface area contributed by atoms with Gasteiger partial charge in [-0.2, -0.15) is 0 Å². The first-order valence-electron chi connectivity index (χ1n) is 8.36. The van der Waals surface area contributed by atoms with Crippen molar-refractivity contribution in [1.29, 1.82) is 0 Å². The second kappa shape index (κ2) is 5.87. The van der Waals surface area contributed by atoms with Crippen LogP contribution in [0.2, 0.25) is 0 Å². The summed E-state index contributed by atoms with van der Waals surface area (Å²) in [7, 11) is 0. The fourth-order valence-corrected chi connectivity index (χ4v) is 3.95. The quantitative estimate of drug-likeness (QED) is 0.942. The van der Waals surface area contributed by atoms with Gasteiger partial charge in [0.1, 0.15) is 0 Å². The van der Waals surface area contributed by atoms with Gasteiger partial charge in [0.05, 0.1) is 11.3 Å². The van der Waals surface area contributed by atoms with Gasteiger partial charge in [0.25, 0.3) is 0 Å². The minimum Gasteiger partial charge on any atom is -0.478 e. The SMILES string of the molecule is O=C(O)c1cccnc1CN1CCC2(C=Cc3ccccc32)CC1. The number of hydrogen-bond donors (Lipinski definition) is 1. The molecule has 0 saturated carbocycles. The van der Waals surface area contributed by atoms with E-state index in [0.717, 1.165) is 25.9 Å². The van der Waals surface area contributed by atoms with Crippen LogP contribution in [-0.4, -0.2) is 34.0 Å². The average Bonchev–Trinajstić information content (AvgIpc) is 2.96. The first-order chi connectivity index (χ1) is 11.7. The Morgan fingerprint density at radius 3 is 2.75 bits per heavy atom. The summed E-state index contributed by atoms with van der Waals surface area (Å²) in [5.41, 5.74) is 3.90. The number of hydrogen-bond acceptors (Lipinski definition) is 3. The number of allylic oxidation sites excluding steroid dienone is 1. The highest BCUT2D eigenvalue weighted by Crippen LogP contribution is 2.43. The molecule has 0 radical (unpaired) electrons. The van der Waals surface area contributed by atoms with Gasteiger partial charge in [-0.25, -0.2) is 4.79 Å². The van der Waals surface area contributed by atoms with Gasteiger partial charge in [0.2, 0.25) is 0 Å². The van der Waals surface area contributed by atoms with Gasteiger partial charge in [0.15, 0.2) is 0 Å². The summed E-state index contributed by atoms with van der Waals surface area (Å²) in [4.78, 5) is 17.9. The maximum absolute atomic E-state index is 11.3. The molecule has 4 nitrogen and oxygen atoms in total. The Kier molecular flexibility index (Phi) is 3.69. The van der Waals surface area contributed by atoms with Crippen LogP contribution in [0.15, 0.2) is 48.7 Å². The maximum atomic E-state index is 11.3. The Balaban J connectivity index is 1.48. The highest BCUT2D eigenvalue weighted by Gasteiger charge is 2.37. The zero-order valence-electron chi connectivity index (χ0n) is 13.5. The van der Waals surface area contributed by atoms with E-state index in [9.17, 15) is 9.90 Å². The zero-order valence-corrected chi connectivity index (χ0v) is 13.5. The number of pyridine rings is 1. The van der Waals surface area contributed by atoms with Gasteiger partial charge in [-0.3, -0.25) is 9.88 Å². The normalized spacial score (nSPS) is 18.7. The van der Waals surface area contributed by atoms with Crippen LogP contribution in [0.1, 0.15) is 40.0 Å². The Morgan fingerprint density at radius 1 is 1.17 bits per heavy atom. The molecule has 1 saturated heterocycles. The molecule has 1 fully saturated rings. The molecule has 1 spiro atoms. The third kappa shape index (κ3) is 2.53. The van der Waals surface area contributed by atoms with E-state index in [2.05, 4.69) is 46.3 Å². The standard InChI is InChI=1S/C20H20N2O2/c23-19(24)16-5-3-11-21-18(16)14-22-12-9-20(10-13-22)8-7-15-4-1-2-6-17(15)20/h1-8,11H,9-10,12-14H2,(H,23,24). The maximum Gasteiger partial charge on any atom is 0.337 e. The molecule has 4 rings (SSSR count). The Bertz CT molecular complexity index is 805. The van der Waals surface area contributed by atoms with Crippen molar-refractivity contribution in [2.24, 2.45) is 0 Å². The molecule has 2 heterocycles. The lowest BCUT2D eigenvalue weighted by molar-refractivity contribution is 0.0692. The van der Waals surface area contributed by atoms with Crippen molar-refractivity contribution >= 4 is 12.0 Å². The molecule has 24 heavy (non-hydrogen) atoms. The highest BCUT2D eigenvalue weighted by molar-refractivity contribution is 5.88. The van der Waals surface area contributed by atoms with Crippen molar-refractivity contribution in [2.75, 3.05) is 13.1 Å². The molecule has 1 aliphatic heterocycles. The molecule has 2 aliphatic rings. The average molecular weight is 320 g/mol. The fraction of sp³-hybridized carbons (Fsp3) is 0.300. The van der Waals surface area contributed by atoms with E-state index in [1.54, 1.807) is 18.3 Å². The second-order valence-corrected chi connectivity index (χ2v) is 6.66. The number of nitrogens with zero attached hydrogens (tertiary/aromatic N) is 2. The lowest BCUT2D eigenvalue weighted by Crippen LogP contribution is -2.40. The first kappa shape index (κ1) is 15.1. The van der Waals surface area contributed by atoms with E-state index < -0.39 is 5.97 Å². The van der Waals surface area contributed by atoms with Crippen molar-refractivity contribution in [2.45, 2.75) is 24.8 Å². The summed E-state index contributed by atoms with van der Waals surface area (Å²) in [6, 6.07) is 11.9. The molecule has 2 aromatic rings. The van der Waals surface area contributed by atoms with E-state index >= 15 is 0 Å². The summed E-state index contributed by atoms with van der Waals surface area (Å²) >= 11 is 0. The largest absolute Gasteiger partial charge is 0.478 e. The van der Waals surface area contributed by atoms with E-state index in [0.29, 0.717) is 17.8 Å². The fourth-order valence-electron chi connectivity index (χ4n) is 3.95. The molecule has 4 heteroatoms. The number of aromatic nitrogens is 1. The van der Waals surface area contributed by atoms with Crippen molar-refractivity contribution in [1.82, 2.24) is 9.88 Å². The minimum absolute atomic E-state index is 0.160. The number of piperidine rings is 1. The summed E-state index contributed by atoms with van der Waals surface area (Å²) < 4.78 is 0. The molecule has 1 N–H and O–H groups in total. The van der Waals surface area contributed by atoms with Gasteiger partial charge in [-0.05, 0) is 49.2 Å². The summed E-state index contributed by atoms with van der Waals surface area (Å²) in [6.45, 7) is 2.51. The molecule has 0 bridgehead atoms. The Labute approximate surface area is 141 Å². The number of fused-ring (bicyclic) bond motifs is 2. The zero-order chi connectivity index (χ0) is 16.6. The summed E-state index contributed by atoms with van der Waals surface area (Å²) in [6.07, 6.45) is 8.40. The van der Waals surface area contributed by atoms with Gasteiger partial charge < -0.3 is 5.11 Å². The van der Waals surface area contributed by atoms with Crippen molar-refractivity contribution in [3.8, 4) is 0 Å². The molecular weight excluding hydrogens is 300 g/mol. The first-order valence-corrected chi connectivity index (χ1v) is 8.36. The predicted octanol–water partition coefficient (Wildman–Crippen LogP) is 3.34. The molecule has 1 aromatic carbocycles. The van der Waals surface area contributed by atoms with Gasteiger partial charge in [-0.15, -0.1) is 0 Å². The van der Waals surface area contributed by atoms with Gasteiger partial charge in [0, 0.05) is 18.2 Å². The predicted molar refractivity (Wildman–Crippen MR) is 92.9 cm³/mol. The third-order valence-corrected chi connectivity index (χ3v) is 5.32. The number of likely N-dealkylation sites (tertiary alicyclic amines) is 1. The van der Waals surface area contributed by atoms with Crippen molar-refractivity contribution in [3.63, 3.8) is 0 Å². The van der Waals surface area contributed by atoms with Crippen molar-refractivity contribution in [3.05, 3.63) is 71.1 Å². The number of carbonyl (C=O) groups is 1. The van der Waals surface area contributed by atoms with Crippen LogP contribution in [0.5, 0.6) is 0 Å². The topological polar surface area (TPSA) is 53.4 Å². The van der Waals surface area contributed by atoms with Crippen LogP contribution in [0.25, 0.3) is 6.08 Å². The van der Waals surface area contributed by atoms with Crippen LogP contribution in [0.4, 0.5) is 0 Å². The van der Waals surface area contributed by atoms with Crippen LogP contribution >= 0.6 is 0 Å².